The second-order valence-corrected chi connectivity index (χ2v) is 4.02. The maximum absolute atomic E-state index is 5.65. The first kappa shape index (κ1) is 13.2. The van der Waals surface area contributed by atoms with Crippen LogP contribution in [0.3, 0.4) is 0 Å². The normalized spacial score (nSPS) is 21.6. The number of nitrogens with zero attached hydrogens (tertiary/aromatic N) is 1. The van der Waals surface area contributed by atoms with Crippen molar-refractivity contribution in [1.29, 1.82) is 0 Å². The monoisotopic (exact) mass is 253 g/mol. The van der Waals surface area contributed by atoms with Gasteiger partial charge in [0.05, 0.1) is 38.7 Å². The third kappa shape index (κ3) is 3.17. The van der Waals surface area contributed by atoms with E-state index in [2.05, 4.69) is 10.4 Å². The van der Waals surface area contributed by atoms with E-state index in [1.807, 2.05) is 13.0 Å². The van der Waals surface area contributed by atoms with Gasteiger partial charge >= 0.3 is 0 Å². The Morgan fingerprint density at radius 2 is 2.44 bits per heavy atom. The molecule has 2 atom stereocenters. The minimum absolute atomic E-state index is 0.109. The molecule has 0 bridgehead atoms. The molecule has 1 saturated heterocycles. The summed E-state index contributed by atoms with van der Waals surface area (Å²) < 4.78 is 16.5. The van der Waals surface area contributed by atoms with E-state index in [1.54, 1.807) is 12.4 Å². The van der Waals surface area contributed by atoms with Crippen LogP contribution in [-0.4, -0.2) is 37.5 Å². The lowest BCUT2D eigenvalue weighted by atomic mass is 10.0. The number of nitrogens with one attached hydrogen (secondary N) is 1. The second-order valence-electron chi connectivity index (χ2n) is 4.02. The van der Waals surface area contributed by atoms with Crippen molar-refractivity contribution in [1.82, 2.24) is 10.4 Å². The number of hydrogen-bond acceptors (Lipinski definition) is 6. The Kier molecular flexibility index (Phi) is 4.89. The number of rotatable bonds is 5. The van der Waals surface area contributed by atoms with Crippen LogP contribution in [-0.2, 0) is 9.47 Å². The largest absolute Gasteiger partial charge is 0.492 e. The zero-order valence-corrected chi connectivity index (χ0v) is 10.5. The van der Waals surface area contributed by atoms with Crippen LogP contribution in [0.5, 0.6) is 5.75 Å². The lowest BCUT2D eigenvalue weighted by Crippen LogP contribution is -2.43. The molecule has 100 valence electrons. The SMILES string of the molecule is CCOc1cncc(C(NN)C2COCCO2)c1. The van der Waals surface area contributed by atoms with E-state index in [-0.39, 0.29) is 12.1 Å². The van der Waals surface area contributed by atoms with Crippen LogP contribution in [0.4, 0.5) is 0 Å². The Labute approximate surface area is 106 Å². The van der Waals surface area contributed by atoms with Gasteiger partial charge in [-0.3, -0.25) is 16.3 Å². The maximum Gasteiger partial charge on any atom is 0.137 e. The summed E-state index contributed by atoms with van der Waals surface area (Å²) >= 11 is 0. The Balaban J connectivity index is 2.12. The molecule has 1 fully saturated rings. The summed E-state index contributed by atoms with van der Waals surface area (Å²) in [5, 5.41) is 0. The minimum Gasteiger partial charge on any atom is -0.492 e. The van der Waals surface area contributed by atoms with Crippen molar-refractivity contribution < 1.29 is 14.2 Å². The molecule has 6 nitrogen and oxygen atoms in total. The highest BCUT2D eigenvalue weighted by Crippen LogP contribution is 2.23. The van der Waals surface area contributed by atoms with Crippen molar-refractivity contribution in [2.75, 3.05) is 26.4 Å². The lowest BCUT2D eigenvalue weighted by Gasteiger charge is -2.30. The Morgan fingerprint density at radius 1 is 1.56 bits per heavy atom. The molecular weight excluding hydrogens is 234 g/mol. The first-order chi connectivity index (χ1) is 8.85. The smallest absolute Gasteiger partial charge is 0.137 e. The predicted molar refractivity (Wildman–Crippen MR) is 66.0 cm³/mol. The fourth-order valence-corrected chi connectivity index (χ4v) is 1.97. The fourth-order valence-electron chi connectivity index (χ4n) is 1.97. The molecule has 6 heteroatoms. The number of ether oxygens (including phenoxy) is 3. The molecule has 3 N–H and O–H groups in total. The molecule has 1 aliphatic rings. The molecule has 1 aromatic rings. The zero-order chi connectivity index (χ0) is 12.8. The molecule has 0 saturated carbocycles. The molecule has 2 heterocycles. The van der Waals surface area contributed by atoms with Crippen molar-refractivity contribution in [2.24, 2.45) is 5.84 Å². The third-order valence-electron chi connectivity index (χ3n) is 2.80. The van der Waals surface area contributed by atoms with E-state index in [9.17, 15) is 0 Å². The van der Waals surface area contributed by atoms with Crippen LogP contribution in [0.2, 0.25) is 0 Å². The molecule has 2 rings (SSSR count). The van der Waals surface area contributed by atoms with Crippen molar-refractivity contribution in [2.45, 2.75) is 19.1 Å². The summed E-state index contributed by atoms with van der Waals surface area (Å²) in [7, 11) is 0. The summed E-state index contributed by atoms with van der Waals surface area (Å²) in [5.74, 6) is 6.33. The summed E-state index contributed by atoms with van der Waals surface area (Å²) in [6.45, 7) is 4.28. The fraction of sp³-hybridized carbons (Fsp3) is 0.583. The highest BCUT2D eigenvalue weighted by Gasteiger charge is 2.26. The van der Waals surface area contributed by atoms with Crippen LogP contribution in [0.25, 0.3) is 0 Å². The summed E-state index contributed by atoms with van der Waals surface area (Å²) in [6.07, 6.45) is 3.33. The van der Waals surface area contributed by atoms with Crippen LogP contribution in [0.1, 0.15) is 18.5 Å². The number of aromatic nitrogens is 1. The van der Waals surface area contributed by atoms with E-state index < -0.39 is 0 Å². The van der Waals surface area contributed by atoms with Crippen LogP contribution >= 0.6 is 0 Å². The average molecular weight is 253 g/mol. The molecule has 1 aromatic heterocycles. The second kappa shape index (κ2) is 6.65. The van der Waals surface area contributed by atoms with Crippen LogP contribution < -0.4 is 16.0 Å². The van der Waals surface area contributed by atoms with E-state index in [0.717, 1.165) is 11.3 Å². The van der Waals surface area contributed by atoms with E-state index in [1.165, 1.54) is 0 Å². The zero-order valence-electron chi connectivity index (χ0n) is 10.5. The molecule has 0 spiro atoms. The van der Waals surface area contributed by atoms with Gasteiger partial charge in [-0.25, -0.2) is 0 Å². The minimum atomic E-state index is -0.154. The lowest BCUT2D eigenvalue weighted by molar-refractivity contribution is -0.102. The van der Waals surface area contributed by atoms with Gasteiger partial charge < -0.3 is 14.2 Å². The third-order valence-corrected chi connectivity index (χ3v) is 2.80. The molecular formula is C12H19N3O3. The van der Waals surface area contributed by atoms with Gasteiger partial charge in [-0.1, -0.05) is 0 Å². The highest BCUT2D eigenvalue weighted by atomic mass is 16.6. The van der Waals surface area contributed by atoms with Crippen LogP contribution in [0, 0.1) is 0 Å². The van der Waals surface area contributed by atoms with Gasteiger partial charge in [0.25, 0.3) is 0 Å². The van der Waals surface area contributed by atoms with Gasteiger partial charge in [0.2, 0.25) is 0 Å². The molecule has 0 aromatic carbocycles. The first-order valence-electron chi connectivity index (χ1n) is 6.08. The molecule has 1 aliphatic heterocycles. The topological polar surface area (TPSA) is 78.6 Å². The van der Waals surface area contributed by atoms with Gasteiger partial charge in [0, 0.05) is 6.20 Å². The van der Waals surface area contributed by atoms with Gasteiger partial charge in [-0.15, -0.1) is 0 Å². The Morgan fingerprint density at radius 3 is 3.11 bits per heavy atom. The molecule has 0 aliphatic carbocycles. The molecule has 0 radical (unpaired) electrons. The number of hydrogen-bond donors (Lipinski definition) is 2. The Bertz CT molecular complexity index is 369. The molecule has 2 unspecified atom stereocenters. The summed E-state index contributed by atoms with van der Waals surface area (Å²) in [4.78, 5) is 4.15. The summed E-state index contributed by atoms with van der Waals surface area (Å²) in [5.41, 5.74) is 3.69. The maximum atomic E-state index is 5.65. The first-order valence-corrected chi connectivity index (χ1v) is 6.08. The average Bonchev–Trinajstić information content (AvgIpc) is 2.42. The van der Waals surface area contributed by atoms with Crippen molar-refractivity contribution >= 4 is 0 Å². The summed E-state index contributed by atoms with van der Waals surface area (Å²) in [6, 6.07) is 1.76. The van der Waals surface area contributed by atoms with Crippen molar-refractivity contribution in [3.8, 4) is 5.75 Å². The highest BCUT2D eigenvalue weighted by molar-refractivity contribution is 5.26. The Hall–Kier alpha value is -1.21. The standard InChI is InChI=1S/C12H19N3O3/c1-2-17-10-5-9(6-14-7-10)12(15-13)11-8-16-3-4-18-11/h5-7,11-12,15H,2-4,8,13H2,1H3. The van der Waals surface area contributed by atoms with E-state index in [4.69, 9.17) is 20.1 Å². The number of hydrazine groups is 1. The number of pyridine rings is 1. The quantitative estimate of drug-likeness (QED) is 0.584. The van der Waals surface area contributed by atoms with Gasteiger partial charge in [-0.2, -0.15) is 0 Å². The number of nitrogens with two attached hydrogens (primary N) is 1. The van der Waals surface area contributed by atoms with Gasteiger partial charge in [0.15, 0.2) is 0 Å². The van der Waals surface area contributed by atoms with E-state index in [0.29, 0.717) is 26.4 Å². The van der Waals surface area contributed by atoms with Crippen molar-refractivity contribution in [3.05, 3.63) is 24.0 Å². The predicted octanol–water partition coefficient (Wildman–Crippen LogP) is 0.400. The van der Waals surface area contributed by atoms with Gasteiger partial charge in [0.1, 0.15) is 11.9 Å². The van der Waals surface area contributed by atoms with Crippen LogP contribution in [0.15, 0.2) is 18.5 Å². The van der Waals surface area contributed by atoms with Gasteiger partial charge in [-0.05, 0) is 18.6 Å². The van der Waals surface area contributed by atoms with E-state index >= 15 is 0 Å². The molecule has 0 amide bonds. The molecule has 18 heavy (non-hydrogen) atoms. The van der Waals surface area contributed by atoms with Crippen molar-refractivity contribution in [3.63, 3.8) is 0 Å².